The number of rotatable bonds is 8. The Morgan fingerprint density at radius 2 is 1.97 bits per heavy atom. The first-order valence-corrected chi connectivity index (χ1v) is 10.2. The lowest BCUT2D eigenvalue weighted by Crippen LogP contribution is -2.16. The summed E-state index contributed by atoms with van der Waals surface area (Å²) < 4.78 is 22.6. The van der Waals surface area contributed by atoms with Crippen LogP contribution in [0, 0.1) is 0 Å². The predicted molar refractivity (Wildman–Crippen MR) is 114 cm³/mol. The van der Waals surface area contributed by atoms with Gasteiger partial charge >= 0.3 is 0 Å². The van der Waals surface area contributed by atoms with Crippen molar-refractivity contribution < 1.29 is 23.5 Å². The number of hydrogen-bond acceptors (Lipinski definition) is 8. The van der Waals surface area contributed by atoms with E-state index < -0.39 is 5.54 Å². The van der Waals surface area contributed by atoms with Crippen molar-refractivity contribution in [3.63, 3.8) is 0 Å². The largest absolute Gasteiger partial charge is 0.493 e. The monoisotopic (exact) mass is 421 g/mol. The minimum Gasteiger partial charge on any atom is -0.493 e. The number of fused-ring (bicyclic) bond motifs is 1. The molecular weight excluding hydrogens is 398 g/mol. The van der Waals surface area contributed by atoms with Crippen molar-refractivity contribution in [3.05, 3.63) is 48.2 Å². The standard InChI is InChI=1S/C23H23N3O5/c1-3-8-29-19-10-15(5-7-18(19)28-2)22-25-21(26-31-22)14-4-6-17-16(9-14)11-20(30-17)23(13-27)12-24-23/h4-7,9-11,24,27H,3,8,12-13H2,1-2H3. The molecule has 1 unspecified atom stereocenters. The van der Waals surface area contributed by atoms with Crippen LogP contribution in [0.25, 0.3) is 33.8 Å². The zero-order valence-electron chi connectivity index (χ0n) is 17.3. The van der Waals surface area contributed by atoms with Crippen LogP contribution in [0.3, 0.4) is 0 Å². The van der Waals surface area contributed by atoms with E-state index in [9.17, 15) is 5.11 Å². The Bertz CT molecular complexity index is 1230. The van der Waals surface area contributed by atoms with Gasteiger partial charge in [-0.05, 0) is 48.9 Å². The number of benzene rings is 2. The van der Waals surface area contributed by atoms with Gasteiger partial charge in [-0.3, -0.25) is 5.32 Å². The number of hydrogen-bond donors (Lipinski definition) is 2. The zero-order chi connectivity index (χ0) is 21.4. The van der Waals surface area contributed by atoms with E-state index in [4.69, 9.17) is 18.4 Å². The van der Waals surface area contributed by atoms with Crippen LogP contribution in [0.2, 0.25) is 0 Å². The second kappa shape index (κ2) is 7.72. The van der Waals surface area contributed by atoms with Crippen molar-refractivity contribution in [1.82, 2.24) is 15.5 Å². The van der Waals surface area contributed by atoms with Crippen LogP contribution in [0.15, 0.2) is 51.4 Å². The highest BCUT2D eigenvalue weighted by molar-refractivity contribution is 5.83. The molecule has 0 spiro atoms. The Morgan fingerprint density at radius 1 is 1.13 bits per heavy atom. The lowest BCUT2D eigenvalue weighted by molar-refractivity contribution is 0.236. The number of aliphatic hydroxyl groups excluding tert-OH is 1. The van der Waals surface area contributed by atoms with Gasteiger partial charge in [-0.25, -0.2) is 0 Å². The molecule has 2 N–H and O–H groups in total. The minimum atomic E-state index is -0.454. The Labute approximate surface area is 178 Å². The first-order valence-electron chi connectivity index (χ1n) is 10.2. The van der Waals surface area contributed by atoms with E-state index in [1.807, 2.05) is 49.4 Å². The fourth-order valence-corrected chi connectivity index (χ4v) is 3.48. The number of aliphatic hydroxyl groups is 1. The molecule has 2 aromatic heterocycles. The smallest absolute Gasteiger partial charge is 0.258 e. The fraction of sp³-hybridized carbons (Fsp3) is 0.304. The molecule has 5 rings (SSSR count). The first-order chi connectivity index (χ1) is 15.2. The van der Waals surface area contributed by atoms with Crippen LogP contribution in [0.1, 0.15) is 19.1 Å². The van der Waals surface area contributed by atoms with Crippen molar-refractivity contribution >= 4 is 11.0 Å². The van der Waals surface area contributed by atoms with Crippen LogP contribution >= 0.6 is 0 Å². The molecule has 160 valence electrons. The molecule has 8 nitrogen and oxygen atoms in total. The topological polar surface area (TPSA) is 113 Å². The quantitative estimate of drug-likeness (QED) is 0.414. The highest BCUT2D eigenvalue weighted by atomic mass is 16.5. The Kier molecular flexibility index (Phi) is 4.88. The summed E-state index contributed by atoms with van der Waals surface area (Å²) in [4.78, 5) is 4.56. The number of nitrogens with one attached hydrogen (secondary N) is 1. The summed E-state index contributed by atoms with van der Waals surface area (Å²) in [6.07, 6.45) is 0.895. The van der Waals surface area contributed by atoms with Gasteiger partial charge in [0.15, 0.2) is 11.5 Å². The number of aromatic nitrogens is 2. The van der Waals surface area contributed by atoms with Gasteiger partial charge in [-0.15, -0.1) is 0 Å². The van der Waals surface area contributed by atoms with E-state index in [0.29, 0.717) is 36.4 Å². The molecule has 0 radical (unpaired) electrons. The molecule has 1 aliphatic rings. The fourth-order valence-electron chi connectivity index (χ4n) is 3.48. The highest BCUT2D eigenvalue weighted by Crippen LogP contribution is 2.36. The first kappa shape index (κ1) is 19.6. The number of methoxy groups -OCH3 is 1. The third kappa shape index (κ3) is 3.54. The summed E-state index contributed by atoms with van der Waals surface area (Å²) in [5.74, 6) is 2.90. The third-order valence-corrected chi connectivity index (χ3v) is 5.42. The Balaban J connectivity index is 1.44. The van der Waals surface area contributed by atoms with E-state index in [1.165, 1.54) is 0 Å². The average molecular weight is 421 g/mol. The van der Waals surface area contributed by atoms with E-state index >= 15 is 0 Å². The van der Waals surface area contributed by atoms with E-state index in [0.717, 1.165) is 34.3 Å². The van der Waals surface area contributed by atoms with Crippen molar-refractivity contribution in [2.45, 2.75) is 18.9 Å². The maximum absolute atomic E-state index is 9.61. The van der Waals surface area contributed by atoms with E-state index in [-0.39, 0.29) is 6.61 Å². The third-order valence-electron chi connectivity index (χ3n) is 5.42. The lowest BCUT2D eigenvalue weighted by atomic mass is 10.1. The summed E-state index contributed by atoms with van der Waals surface area (Å²) in [6, 6.07) is 13.2. The van der Waals surface area contributed by atoms with Gasteiger partial charge < -0.3 is 23.5 Å². The van der Waals surface area contributed by atoms with Gasteiger partial charge in [0, 0.05) is 23.1 Å². The molecule has 4 aromatic rings. The molecule has 0 saturated carbocycles. The summed E-state index contributed by atoms with van der Waals surface area (Å²) >= 11 is 0. The molecule has 8 heteroatoms. The molecule has 1 fully saturated rings. The van der Waals surface area contributed by atoms with E-state index in [1.54, 1.807) is 7.11 Å². The van der Waals surface area contributed by atoms with Crippen molar-refractivity contribution in [2.75, 3.05) is 26.9 Å². The van der Waals surface area contributed by atoms with Gasteiger partial charge in [0.1, 0.15) is 16.9 Å². The van der Waals surface area contributed by atoms with Crippen LogP contribution < -0.4 is 14.8 Å². The number of nitrogens with zero attached hydrogens (tertiary/aromatic N) is 2. The number of ether oxygens (including phenoxy) is 2. The molecule has 1 atom stereocenters. The molecular formula is C23H23N3O5. The van der Waals surface area contributed by atoms with Crippen molar-refractivity contribution in [2.24, 2.45) is 0 Å². The molecule has 2 aromatic carbocycles. The van der Waals surface area contributed by atoms with Crippen molar-refractivity contribution in [3.8, 4) is 34.3 Å². The number of furan rings is 1. The van der Waals surface area contributed by atoms with Crippen molar-refractivity contribution in [1.29, 1.82) is 0 Å². The normalized spacial score (nSPS) is 17.8. The SMILES string of the molecule is CCCOc1cc(-c2nc(-c3ccc4oc(C5(CO)CN5)cc4c3)no2)ccc1OC. The van der Waals surface area contributed by atoms with Gasteiger partial charge in [-0.1, -0.05) is 12.1 Å². The second-order valence-electron chi connectivity index (χ2n) is 7.59. The summed E-state index contributed by atoms with van der Waals surface area (Å²) in [7, 11) is 1.61. The van der Waals surface area contributed by atoms with Crippen LogP contribution in [-0.4, -0.2) is 42.1 Å². The van der Waals surface area contributed by atoms with Gasteiger partial charge in [0.05, 0.1) is 20.3 Å². The molecule has 3 heterocycles. The Morgan fingerprint density at radius 3 is 2.71 bits per heavy atom. The van der Waals surface area contributed by atoms with Crippen LogP contribution in [-0.2, 0) is 5.54 Å². The van der Waals surface area contributed by atoms with Gasteiger partial charge in [0.2, 0.25) is 5.82 Å². The predicted octanol–water partition coefficient (Wildman–Crippen LogP) is 3.74. The maximum Gasteiger partial charge on any atom is 0.258 e. The summed E-state index contributed by atoms with van der Waals surface area (Å²) in [6.45, 7) is 3.34. The Hall–Kier alpha value is -3.36. The highest BCUT2D eigenvalue weighted by Gasteiger charge is 2.46. The summed E-state index contributed by atoms with van der Waals surface area (Å²) in [5, 5.41) is 17.8. The molecule has 31 heavy (non-hydrogen) atoms. The van der Waals surface area contributed by atoms with E-state index in [2.05, 4.69) is 15.5 Å². The molecule has 0 aliphatic carbocycles. The zero-order valence-corrected chi connectivity index (χ0v) is 17.3. The van der Waals surface area contributed by atoms with Gasteiger partial charge in [0.25, 0.3) is 5.89 Å². The maximum atomic E-state index is 9.61. The second-order valence-corrected chi connectivity index (χ2v) is 7.59. The van der Waals surface area contributed by atoms with Crippen LogP contribution in [0.5, 0.6) is 11.5 Å². The summed E-state index contributed by atoms with van der Waals surface area (Å²) in [5.41, 5.74) is 1.86. The molecule has 1 saturated heterocycles. The van der Waals surface area contributed by atoms with Crippen LogP contribution in [0.4, 0.5) is 0 Å². The molecule has 0 amide bonds. The lowest BCUT2D eigenvalue weighted by Gasteiger charge is -2.10. The minimum absolute atomic E-state index is 0.000297. The average Bonchev–Trinajstić information content (AvgIpc) is 3.24. The van der Waals surface area contributed by atoms with Gasteiger partial charge in [-0.2, -0.15) is 4.98 Å². The molecule has 0 bridgehead atoms. The molecule has 1 aliphatic heterocycles.